The van der Waals surface area contributed by atoms with Gasteiger partial charge in [0.05, 0.1) is 4.90 Å². The zero-order valence-corrected chi connectivity index (χ0v) is 15.7. The summed E-state index contributed by atoms with van der Waals surface area (Å²) in [4.78, 5) is 12.7. The van der Waals surface area contributed by atoms with Gasteiger partial charge in [0.1, 0.15) is 0 Å². The van der Waals surface area contributed by atoms with E-state index in [1.165, 1.54) is 18.2 Å². The second-order valence-electron chi connectivity index (χ2n) is 5.96. The molecule has 0 fully saturated rings. The molecule has 2 N–H and O–H groups in total. The predicted octanol–water partition coefficient (Wildman–Crippen LogP) is 4.30. The fourth-order valence-corrected chi connectivity index (χ4v) is 3.75. The minimum Gasteiger partial charge on any atom is -0.322 e. The van der Waals surface area contributed by atoms with Crippen molar-refractivity contribution in [1.82, 2.24) is 0 Å². The Morgan fingerprint density at radius 3 is 2.33 bits per heavy atom. The second kappa shape index (κ2) is 8.05. The highest BCUT2D eigenvalue weighted by Crippen LogP contribution is 2.20. The lowest BCUT2D eigenvalue weighted by atomic mass is 10.1. The summed E-state index contributed by atoms with van der Waals surface area (Å²) < 4.78 is 27.4. The molecule has 0 aliphatic rings. The Balaban J connectivity index is 1.80. The lowest BCUT2D eigenvalue weighted by molar-refractivity contribution is 0.102. The fraction of sp³-hybridized carbons (Fsp3) is 0.0952. The van der Waals surface area contributed by atoms with Crippen molar-refractivity contribution in [3.63, 3.8) is 0 Å². The molecular formula is C21H20N2O3S. The van der Waals surface area contributed by atoms with E-state index < -0.39 is 10.0 Å². The maximum atomic E-state index is 12.6. The molecule has 0 spiro atoms. The van der Waals surface area contributed by atoms with Crippen LogP contribution < -0.4 is 10.0 Å². The summed E-state index contributed by atoms with van der Waals surface area (Å²) in [6.45, 7) is 2.02. The number of anilines is 2. The van der Waals surface area contributed by atoms with Gasteiger partial charge in [0.15, 0.2) is 0 Å². The molecule has 138 valence electrons. The van der Waals surface area contributed by atoms with Crippen LogP contribution in [0.2, 0.25) is 0 Å². The number of rotatable bonds is 6. The van der Waals surface area contributed by atoms with Gasteiger partial charge >= 0.3 is 0 Å². The Labute approximate surface area is 159 Å². The molecule has 0 bridgehead atoms. The van der Waals surface area contributed by atoms with Crippen LogP contribution in [-0.4, -0.2) is 14.3 Å². The van der Waals surface area contributed by atoms with Crippen LogP contribution in [-0.2, 0) is 16.4 Å². The summed E-state index contributed by atoms with van der Waals surface area (Å²) in [7, 11) is -3.71. The fourth-order valence-electron chi connectivity index (χ4n) is 2.68. The van der Waals surface area contributed by atoms with Crippen molar-refractivity contribution in [2.45, 2.75) is 18.2 Å². The highest BCUT2D eigenvalue weighted by atomic mass is 32.2. The second-order valence-corrected chi connectivity index (χ2v) is 7.65. The average Bonchev–Trinajstić information content (AvgIpc) is 2.69. The number of carbonyl (C=O) groups excluding carboxylic acids is 1. The number of benzene rings is 3. The molecule has 0 unspecified atom stereocenters. The van der Waals surface area contributed by atoms with E-state index in [1.54, 1.807) is 36.4 Å². The topological polar surface area (TPSA) is 75.3 Å². The summed E-state index contributed by atoms with van der Waals surface area (Å²) in [6, 6.07) is 22.1. The van der Waals surface area contributed by atoms with E-state index in [9.17, 15) is 13.2 Å². The van der Waals surface area contributed by atoms with E-state index in [-0.39, 0.29) is 10.8 Å². The van der Waals surface area contributed by atoms with E-state index in [2.05, 4.69) is 10.0 Å². The molecule has 0 aromatic heterocycles. The summed E-state index contributed by atoms with van der Waals surface area (Å²) >= 11 is 0. The first-order valence-corrected chi connectivity index (χ1v) is 10.0. The molecule has 3 rings (SSSR count). The third kappa shape index (κ3) is 4.54. The third-order valence-corrected chi connectivity index (χ3v) is 5.47. The smallest absolute Gasteiger partial charge is 0.261 e. The third-order valence-electron chi connectivity index (χ3n) is 4.08. The molecule has 3 aromatic carbocycles. The van der Waals surface area contributed by atoms with Gasteiger partial charge in [-0.05, 0) is 48.4 Å². The van der Waals surface area contributed by atoms with E-state index in [1.807, 2.05) is 31.2 Å². The molecule has 27 heavy (non-hydrogen) atoms. The van der Waals surface area contributed by atoms with Gasteiger partial charge in [0.2, 0.25) is 0 Å². The van der Waals surface area contributed by atoms with E-state index in [0.29, 0.717) is 11.3 Å². The van der Waals surface area contributed by atoms with Crippen molar-refractivity contribution in [2.75, 3.05) is 10.0 Å². The van der Waals surface area contributed by atoms with Crippen molar-refractivity contribution in [2.24, 2.45) is 0 Å². The summed E-state index contributed by atoms with van der Waals surface area (Å²) in [5.41, 5.74) is 2.48. The highest BCUT2D eigenvalue weighted by molar-refractivity contribution is 7.92. The Morgan fingerprint density at radius 2 is 1.59 bits per heavy atom. The van der Waals surface area contributed by atoms with Crippen molar-refractivity contribution in [3.8, 4) is 0 Å². The van der Waals surface area contributed by atoms with Crippen molar-refractivity contribution in [1.29, 1.82) is 0 Å². The number of hydrogen-bond donors (Lipinski definition) is 2. The predicted molar refractivity (Wildman–Crippen MR) is 107 cm³/mol. The largest absolute Gasteiger partial charge is 0.322 e. The van der Waals surface area contributed by atoms with Crippen LogP contribution in [0.3, 0.4) is 0 Å². The Morgan fingerprint density at radius 1 is 0.889 bits per heavy atom. The van der Waals surface area contributed by atoms with Crippen LogP contribution in [0.15, 0.2) is 83.8 Å². The molecule has 6 heteroatoms. The van der Waals surface area contributed by atoms with Gasteiger partial charge < -0.3 is 5.32 Å². The maximum Gasteiger partial charge on any atom is 0.261 e. The number of para-hydroxylation sites is 1. The molecule has 5 nitrogen and oxygen atoms in total. The summed E-state index contributed by atoms with van der Waals surface area (Å²) in [6.07, 6.45) is 0.799. The molecular weight excluding hydrogens is 360 g/mol. The zero-order valence-electron chi connectivity index (χ0n) is 14.8. The van der Waals surface area contributed by atoms with Gasteiger partial charge in [-0.3, -0.25) is 9.52 Å². The van der Waals surface area contributed by atoms with Gasteiger partial charge in [0.25, 0.3) is 15.9 Å². The molecule has 0 aliphatic heterocycles. The number of amides is 1. The van der Waals surface area contributed by atoms with Crippen molar-refractivity contribution < 1.29 is 13.2 Å². The Kier molecular flexibility index (Phi) is 5.57. The monoisotopic (exact) mass is 380 g/mol. The van der Waals surface area contributed by atoms with Gasteiger partial charge in [-0.1, -0.05) is 49.4 Å². The summed E-state index contributed by atoms with van der Waals surface area (Å²) in [5, 5.41) is 2.88. The molecule has 0 saturated carbocycles. The van der Waals surface area contributed by atoms with E-state index >= 15 is 0 Å². The number of nitrogens with one attached hydrogen (secondary N) is 2. The highest BCUT2D eigenvalue weighted by Gasteiger charge is 2.15. The molecule has 0 aliphatic carbocycles. The van der Waals surface area contributed by atoms with Crippen LogP contribution in [0, 0.1) is 0 Å². The molecule has 0 saturated heterocycles. The normalized spacial score (nSPS) is 11.0. The first kappa shape index (κ1) is 18.7. The zero-order chi connectivity index (χ0) is 19.3. The van der Waals surface area contributed by atoms with E-state index in [0.717, 1.165) is 17.7 Å². The minimum atomic E-state index is -3.71. The molecule has 1 amide bonds. The van der Waals surface area contributed by atoms with Crippen molar-refractivity contribution >= 4 is 27.3 Å². The van der Waals surface area contributed by atoms with Gasteiger partial charge in [-0.15, -0.1) is 0 Å². The molecule has 0 radical (unpaired) electrons. The summed E-state index contributed by atoms with van der Waals surface area (Å²) in [5.74, 6) is -0.295. The van der Waals surface area contributed by atoms with E-state index in [4.69, 9.17) is 0 Å². The molecule has 0 heterocycles. The Bertz CT molecular complexity index is 1050. The van der Waals surface area contributed by atoms with Crippen LogP contribution >= 0.6 is 0 Å². The van der Waals surface area contributed by atoms with Crippen molar-refractivity contribution in [3.05, 3.63) is 90.0 Å². The van der Waals surface area contributed by atoms with Crippen LogP contribution in [0.4, 0.5) is 11.4 Å². The lowest BCUT2D eigenvalue weighted by Crippen LogP contribution is -2.15. The maximum absolute atomic E-state index is 12.6. The Hall–Kier alpha value is -3.12. The van der Waals surface area contributed by atoms with Crippen LogP contribution in [0.5, 0.6) is 0 Å². The van der Waals surface area contributed by atoms with Gasteiger partial charge in [0, 0.05) is 16.9 Å². The number of sulfonamides is 1. The molecule has 3 aromatic rings. The van der Waals surface area contributed by atoms with Gasteiger partial charge in [-0.25, -0.2) is 8.42 Å². The average molecular weight is 380 g/mol. The first-order valence-electron chi connectivity index (χ1n) is 8.57. The van der Waals surface area contributed by atoms with Crippen LogP contribution in [0.25, 0.3) is 0 Å². The van der Waals surface area contributed by atoms with Crippen LogP contribution in [0.1, 0.15) is 22.8 Å². The van der Waals surface area contributed by atoms with Gasteiger partial charge in [-0.2, -0.15) is 0 Å². The standard InChI is InChI=1S/C21H20N2O3S/c1-2-16-9-6-7-14-20(16)22-21(24)17-10-8-11-18(15-17)23-27(25,26)19-12-4-3-5-13-19/h3-15,23H,2H2,1H3,(H,22,24). The number of hydrogen-bond acceptors (Lipinski definition) is 3. The molecule has 0 atom stereocenters. The number of aryl methyl sites for hydroxylation is 1. The minimum absolute atomic E-state index is 0.164. The first-order chi connectivity index (χ1) is 13.0. The quantitative estimate of drug-likeness (QED) is 0.669. The SMILES string of the molecule is CCc1ccccc1NC(=O)c1cccc(NS(=O)(=O)c2ccccc2)c1. The lowest BCUT2D eigenvalue weighted by Gasteiger charge is -2.11. The number of carbonyl (C=O) groups is 1.